The largest absolute Gasteiger partial charge is 0.598 e. The maximum absolute atomic E-state index is 14.3. The van der Waals surface area contributed by atoms with E-state index in [0.717, 1.165) is 11.1 Å². The molecule has 0 aliphatic carbocycles. The zero-order valence-corrected chi connectivity index (χ0v) is 19.6. The second kappa shape index (κ2) is 7.80. The molecule has 0 unspecified atom stereocenters. The summed E-state index contributed by atoms with van der Waals surface area (Å²) in [7, 11) is 0. The number of fused-ring (bicyclic) bond motifs is 1. The number of hydrogen-bond donors (Lipinski definition) is 1. The molecule has 3 nitrogen and oxygen atoms in total. The molecular weight excluding hydrogens is 465 g/mol. The summed E-state index contributed by atoms with van der Waals surface area (Å²) in [6, 6.07) is 10.8. The third-order valence-electron chi connectivity index (χ3n) is 5.23. The van der Waals surface area contributed by atoms with E-state index in [4.69, 9.17) is 16.3 Å². The lowest BCUT2D eigenvalue weighted by atomic mass is 9.76. The Bertz CT molecular complexity index is 877. The Labute approximate surface area is 182 Å². The van der Waals surface area contributed by atoms with Gasteiger partial charge in [-0.25, -0.2) is 4.39 Å². The maximum Gasteiger partial charge on any atom is 0.160 e. The fourth-order valence-corrected chi connectivity index (χ4v) is 5.44. The number of rotatable bonds is 4. The first kappa shape index (κ1) is 21.9. The van der Waals surface area contributed by atoms with Crippen LogP contribution in [-0.4, -0.2) is 15.3 Å². The summed E-state index contributed by atoms with van der Waals surface area (Å²) in [5, 5.41) is 0.0388. The van der Waals surface area contributed by atoms with Gasteiger partial charge in [0, 0.05) is 33.4 Å². The molecule has 0 spiro atoms. The van der Waals surface area contributed by atoms with Crippen molar-refractivity contribution < 1.29 is 13.7 Å². The predicted molar refractivity (Wildman–Crippen MR) is 117 cm³/mol. The first-order valence-electron chi connectivity index (χ1n) is 9.10. The van der Waals surface area contributed by atoms with E-state index in [9.17, 15) is 8.94 Å². The molecular formula is C21H24BrClFNO2S. The molecule has 152 valence electrons. The highest BCUT2D eigenvalue weighted by molar-refractivity contribution is 9.10. The summed E-state index contributed by atoms with van der Waals surface area (Å²) in [6.07, 6.45) is 0. The maximum atomic E-state index is 14.3. The summed E-state index contributed by atoms with van der Waals surface area (Å²) in [5.74, 6) is -0.264. The van der Waals surface area contributed by atoms with Gasteiger partial charge in [-0.05, 0) is 49.2 Å². The monoisotopic (exact) mass is 487 g/mol. The molecule has 1 heterocycles. The normalized spacial score (nSPS) is 23.8. The lowest BCUT2D eigenvalue weighted by molar-refractivity contribution is 0.0409. The van der Waals surface area contributed by atoms with Crippen LogP contribution in [0.5, 0.6) is 5.75 Å². The molecule has 7 heteroatoms. The van der Waals surface area contributed by atoms with Gasteiger partial charge in [0.25, 0.3) is 0 Å². The Morgan fingerprint density at radius 1 is 1.32 bits per heavy atom. The lowest BCUT2D eigenvalue weighted by Crippen LogP contribution is -2.55. The number of halogens is 3. The van der Waals surface area contributed by atoms with E-state index in [2.05, 4.69) is 20.7 Å². The van der Waals surface area contributed by atoms with Gasteiger partial charge in [-0.1, -0.05) is 48.9 Å². The van der Waals surface area contributed by atoms with Crippen molar-refractivity contribution in [2.24, 2.45) is 0 Å². The molecule has 28 heavy (non-hydrogen) atoms. The summed E-state index contributed by atoms with van der Waals surface area (Å²) in [6.45, 7) is 9.72. The molecule has 1 N–H and O–H groups in total. The second-order valence-corrected chi connectivity index (χ2v) is 11.3. The van der Waals surface area contributed by atoms with Crippen molar-refractivity contribution in [1.82, 2.24) is 4.72 Å². The quantitative estimate of drug-likeness (QED) is 0.419. The van der Waals surface area contributed by atoms with Gasteiger partial charge in [0.1, 0.15) is 16.3 Å². The zero-order valence-electron chi connectivity index (χ0n) is 16.5. The molecule has 1 aliphatic heterocycles. The molecule has 0 aromatic heterocycles. The molecule has 3 rings (SSSR count). The number of ether oxygens (including phenoxy) is 1. The highest BCUT2D eigenvalue weighted by atomic mass is 79.9. The molecule has 0 saturated heterocycles. The van der Waals surface area contributed by atoms with Crippen molar-refractivity contribution in [3.8, 4) is 5.75 Å². The Morgan fingerprint density at radius 3 is 2.50 bits per heavy atom. The topological polar surface area (TPSA) is 44.3 Å². The zero-order chi connectivity index (χ0) is 20.9. The van der Waals surface area contributed by atoms with Gasteiger partial charge in [-0.15, -0.1) is 4.72 Å². The molecule has 0 radical (unpaired) electrons. The average molecular weight is 489 g/mol. The minimum Gasteiger partial charge on any atom is -0.598 e. The van der Waals surface area contributed by atoms with Crippen LogP contribution in [0.4, 0.5) is 4.39 Å². The first-order valence-corrected chi connectivity index (χ1v) is 11.4. The standard InChI is InChI=1S/C21H24BrClFNO2S/c1-12-17-16(11-15(24)19(23)18(17)22)27-21(12,14-9-7-6-8-10-14)13(2)25-28(26)20(3,4)5/h6-13,25H,1-5H3/t12-,13+,21+,28+/m0/s1. The summed E-state index contributed by atoms with van der Waals surface area (Å²) < 4.78 is 36.8. The predicted octanol–water partition coefficient (Wildman–Crippen LogP) is 6.07. The SMILES string of the molecule is C[C@@H](N[S@+]([O-])C(C)(C)C)[C@]1(c2ccccc2)Oc2cc(F)c(Cl)c(Br)c2[C@@H]1C. The van der Waals surface area contributed by atoms with Crippen molar-refractivity contribution in [3.05, 3.63) is 62.8 Å². The highest BCUT2D eigenvalue weighted by Crippen LogP contribution is 2.56. The fraction of sp³-hybridized carbons (Fsp3) is 0.429. The van der Waals surface area contributed by atoms with Gasteiger partial charge in [-0.3, -0.25) is 0 Å². The van der Waals surface area contributed by atoms with Crippen LogP contribution < -0.4 is 9.46 Å². The van der Waals surface area contributed by atoms with Crippen LogP contribution in [0.1, 0.15) is 51.7 Å². The fourth-order valence-electron chi connectivity index (χ4n) is 3.71. The molecule has 2 aromatic rings. The van der Waals surface area contributed by atoms with Crippen molar-refractivity contribution in [2.75, 3.05) is 0 Å². The van der Waals surface area contributed by atoms with Crippen LogP contribution in [0, 0.1) is 5.82 Å². The minimum absolute atomic E-state index is 0.0388. The molecule has 0 bridgehead atoms. The summed E-state index contributed by atoms with van der Waals surface area (Å²) in [4.78, 5) is 0. The van der Waals surface area contributed by atoms with E-state index in [-0.39, 0.29) is 17.0 Å². The lowest BCUT2D eigenvalue weighted by Gasteiger charge is -2.40. The van der Waals surface area contributed by atoms with Crippen molar-refractivity contribution in [2.45, 2.75) is 56.9 Å². The smallest absolute Gasteiger partial charge is 0.160 e. The Morgan fingerprint density at radius 2 is 1.93 bits per heavy atom. The van der Waals surface area contributed by atoms with Crippen LogP contribution >= 0.6 is 27.5 Å². The molecule has 1 aliphatic rings. The van der Waals surface area contributed by atoms with Crippen LogP contribution in [0.25, 0.3) is 0 Å². The molecule has 2 aromatic carbocycles. The average Bonchev–Trinajstić information content (AvgIpc) is 2.93. The van der Waals surface area contributed by atoms with E-state index >= 15 is 0 Å². The van der Waals surface area contributed by atoms with Crippen molar-refractivity contribution in [3.63, 3.8) is 0 Å². The van der Waals surface area contributed by atoms with Crippen LogP contribution in [0.15, 0.2) is 40.9 Å². The Kier molecular flexibility index (Phi) is 6.10. The van der Waals surface area contributed by atoms with E-state index < -0.39 is 27.5 Å². The van der Waals surface area contributed by atoms with E-state index in [1.165, 1.54) is 6.07 Å². The van der Waals surface area contributed by atoms with E-state index in [0.29, 0.717) is 10.2 Å². The van der Waals surface area contributed by atoms with Crippen molar-refractivity contribution >= 4 is 38.9 Å². The third-order valence-corrected chi connectivity index (χ3v) is 8.33. The molecule has 0 amide bonds. The number of nitrogens with one attached hydrogen (secondary N) is 1. The van der Waals surface area contributed by atoms with E-state index in [1.54, 1.807) is 0 Å². The third kappa shape index (κ3) is 3.58. The van der Waals surface area contributed by atoms with Crippen LogP contribution in [-0.2, 0) is 17.0 Å². The van der Waals surface area contributed by atoms with Gasteiger partial charge in [0.2, 0.25) is 0 Å². The van der Waals surface area contributed by atoms with Crippen molar-refractivity contribution in [1.29, 1.82) is 0 Å². The summed E-state index contributed by atoms with van der Waals surface area (Å²) in [5.41, 5.74) is 0.864. The number of hydrogen-bond acceptors (Lipinski definition) is 3. The van der Waals surface area contributed by atoms with Gasteiger partial charge >= 0.3 is 0 Å². The first-order chi connectivity index (χ1) is 13.0. The molecule has 4 atom stereocenters. The Hall–Kier alpha value is -0.790. The van der Waals surface area contributed by atoms with Gasteiger partial charge < -0.3 is 9.29 Å². The minimum atomic E-state index is -1.30. The highest BCUT2D eigenvalue weighted by Gasteiger charge is 2.54. The van der Waals surface area contributed by atoms with Gasteiger partial charge in [-0.2, -0.15) is 0 Å². The van der Waals surface area contributed by atoms with Crippen LogP contribution in [0.2, 0.25) is 5.02 Å². The molecule has 0 saturated carbocycles. The Balaban J connectivity index is 2.13. The second-order valence-electron chi connectivity index (χ2n) is 8.10. The van der Waals surface area contributed by atoms with E-state index in [1.807, 2.05) is 65.0 Å². The van der Waals surface area contributed by atoms with Gasteiger partial charge in [0.05, 0.1) is 11.1 Å². The summed E-state index contributed by atoms with van der Waals surface area (Å²) >= 11 is 8.29. The van der Waals surface area contributed by atoms with Gasteiger partial charge in [0.15, 0.2) is 5.60 Å². The molecule has 0 fully saturated rings. The van der Waals surface area contributed by atoms with Crippen LogP contribution in [0.3, 0.4) is 0 Å². The number of benzene rings is 2.